The number of hydrogen-bond acceptors (Lipinski definition) is 1. The number of aromatic amines is 1. The topological polar surface area (TPSA) is 36.1 Å². The first-order valence-corrected chi connectivity index (χ1v) is 9.94. The minimum absolute atomic E-state index is 0.146. The Morgan fingerprint density at radius 2 is 1.89 bits per heavy atom. The zero-order chi connectivity index (χ0) is 19.6. The van der Waals surface area contributed by atoms with Crippen molar-refractivity contribution in [2.24, 2.45) is 0 Å². The molecule has 4 rings (SSSR count). The van der Waals surface area contributed by atoms with E-state index in [-0.39, 0.29) is 5.91 Å². The average molecular weight is 370 g/mol. The van der Waals surface area contributed by atoms with Gasteiger partial charge in [0, 0.05) is 29.7 Å². The van der Waals surface area contributed by atoms with Crippen LogP contribution in [0.2, 0.25) is 0 Å². The lowest BCUT2D eigenvalue weighted by Crippen LogP contribution is -2.45. The molecule has 0 radical (unpaired) electrons. The second-order valence-corrected chi connectivity index (χ2v) is 7.38. The van der Waals surface area contributed by atoms with Crippen LogP contribution in [0.15, 0.2) is 73.3 Å². The molecule has 0 spiro atoms. The molecule has 142 valence electrons. The van der Waals surface area contributed by atoms with Crippen molar-refractivity contribution < 1.29 is 4.79 Å². The highest BCUT2D eigenvalue weighted by molar-refractivity contribution is 5.96. The number of carbonyl (C=O) groups is 1. The van der Waals surface area contributed by atoms with E-state index in [0.29, 0.717) is 19.5 Å². The summed E-state index contributed by atoms with van der Waals surface area (Å²) < 4.78 is 0. The quantitative estimate of drug-likeness (QED) is 0.623. The highest BCUT2D eigenvalue weighted by Crippen LogP contribution is 2.40. The number of aromatic nitrogens is 1. The van der Waals surface area contributed by atoms with E-state index in [1.54, 1.807) is 0 Å². The number of amides is 1. The van der Waals surface area contributed by atoms with Gasteiger partial charge >= 0.3 is 0 Å². The van der Waals surface area contributed by atoms with Gasteiger partial charge in [-0.05, 0) is 30.0 Å². The Kier molecular flexibility index (Phi) is 4.91. The zero-order valence-electron chi connectivity index (χ0n) is 16.3. The Morgan fingerprint density at radius 1 is 1.14 bits per heavy atom. The van der Waals surface area contributed by atoms with Gasteiger partial charge in [0.2, 0.25) is 5.91 Å². The predicted octanol–water partition coefficient (Wildman–Crippen LogP) is 5.10. The molecule has 3 aromatic rings. The lowest BCUT2D eigenvalue weighted by Gasteiger charge is -2.32. The molecule has 1 unspecified atom stereocenters. The highest BCUT2D eigenvalue weighted by atomic mass is 16.2. The van der Waals surface area contributed by atoms with Gasteiger partial charge in [0.1, 0.15) is 5.41 Å². The first kappa shape index (κ1) is 18.3. The summed E-state index contributed by atoms with van der Waals surface area (Å²) in [7, 11) is 0. The first-order chi connectivity index (χ1) is 13.7. The molecular weight excluding hydrogens is 344 g/mol. The maximum absolute atomic E-state index is 13.8. The monoisotopic (exact) mass is 370 g/mol. The van der Waals surface area contributed by atoms with Crippen LogP contribution < -0.4 is 0 Å². The average Bonchev–Trinajstić information content (AvgIpc) is 3.06. The molecule has 3 heteroatoms. The molecule has 1 atom stereocenters. The van der Waals surface area contributed by atoms with Gasteiger partial charge in [0.25, 0.3) is 0 Å². The molecule has 1 N–H and O–H groups in total. The molecule has 0 fully saturated rings. The SMILES string of the molecule is C=CCN1CCc2c([nH]c3ccccc23)C(/C=C/c2ccccc2)(CC)C1=O. The predicted molar refractivity (Wildman–Crippen MR) is 116 cm³/mol. The van der Waals surface area contributed by atoms with Crippen LogP contribution in [0.4, 0.5) is 0 Å². The van der Waals surface area contributed by atoms with Gasteiger partial charge in [0.05, 0.1) is 0 Å². The van der Waals surface area contributed by atoms with Crippen molar-refractivity contribution in [2.45, 2.75) is 25.2 Å². The van der Waals surface area contributed by atoms with Gasteiger partial charge in [-0.1, -0.05) is 73.7 Å². The molecule has 1 aromatic heterocycles. The van der Waals surface area contributed by atoms with E-state index in [4.69, 9.17) is 0 Å². The van der Waals surface area contributed by atoms with Crippen molar-refractivity contribution >= 4 is 22.9 Å². The molecule has 1 aliphatic heterocycles. The number of H-pyrrole nitrogens is 1. The van der Waals surface area contributed by atoms with Crippen LogP contribution in [0.25, 0.3) is 17.0 Å². The molecule has 0 saturated heterocycles. The number of fused-ring (bicyclic) bond motifs is 3. The summed E-state index contributed by atoms with van der Waals surface area (Å²) in [4.78, 5) is 19.3. The third kappa shape index (κ3) is 2.97. The standard InChI is InChI=1S/C25H26N2O/c1-3-17-27-18-15-21-20-12-8-9-13-22(20)26-23(21)25(4-2,24(27)28)16-14-19-10-6-5-7-11-19/h3,5-14,16,26H,1,4,15,17-18H2,2H3/b16-14+. The molecule has 0 bridgehead atoms. The summed E-state index contributed by atoms with van der Waals surface area (Å²) in [6.07, 6.45) is 7.54. The van der Waals surface area contributed by atoms with Crippen molar-refractivity contribution in [1.29, 1.82) is 0 Å². The van der Waals surface area contributed by atoms with E-state index in [9.17, 15) is 4.79 Å². The van der Waals surface area contributed by atoms with Gasteiger partial charge in [0.15, 0.2) is 0 Å². The number of benzene rings is 2. The smallest absolute Gasteiger partial charge is 0.238 e. The molecule has 28 heavy (non-hydrogen) atoms. The summed E-state index contributed by atoms with van der Waals surface area (Å²) in [5.41, 5.74) is 3.79. The molecule has 2 heterocycles. The molecule has 0 saturated carbocycles. The van der Waals surface area contributed by atoms with Crippen LogP contribution in [0.3, 0.4) is 0 Å². The second kappa shape index (κ2) is 7.51. The van der Waals surface area contributed by atoms with Crippen LogP contribution in [0.1, 0.15) is 30.2 Å². The van der Waals surface area contributed by atoms with Gasteiger partial charge in [-0.15, -0.1) is 6.58 Å². The van der Waals surface area contributed by atoms with Crippen LogP contribution in [0.5, 0.6) is 0 Å². The number of nitrogens with zero attached hydrogens (tertiary/aromatic N) is 1. The minimum atomic E-state index is -0.705. The number of para-hydroxylation sites is 1. The van der Waals surface area contributed by atoms with E-state index >= 15 is 0 Å². The van der Waals surface area contributed by atoms with Crippen molar-refractivity contribution in [2.75, 3.05) is 13.1 Å². The van der Waals surface area contributed by atoms with Crippen LogP contribution in [0, 0.1) is 0 Å². The van der Waals surface area contributed by atoms with Crippen molar-refractivity contribution in [1.82, 2.24) is 9.88 Å². The number of nitrogens with one attached hydrogen (secondary N) is 1. The van der Waals surface area contributed by atoms with Crippen molar-refractivity contribution in [3.63, 3.8) is 0 Å². The lowest BCUT2D eigenvalue weighted by atomic mass is 9.78. The number of rotatable bonds is 5. The van der Waals surface area contributed by atoms with E-state index in [2.05, 4.69) is 61.0 Å². The molecule has 0 aliphatic carbocycles. The van der Waals surface area contributed by atoms with E-state index < -0.39 is 5.41 Å². The Labute approximate surface area is 166 Å². The molecular formula is C25H26N2O. The van der Waals surface area contributed by atoms with Crippen molar-refractivity contribution in [3.8, 4) is 0 Å². The van der Waals surface area contributed by atoms with E-state index in [0.717, 1.165) is 23.2 Å². The van der Waals surface area contributed by atoms with Crippen LogP contribution >= 0.6 is 0 Å². The summed E-state index contributed by atoms with van der Waals surface area (Å²) in [5.74, 6) is 0.146. The maximum Gasteiger partial charge on any atom is 0.238 e. The molecule has 1 aliphatic rings. The summed E-state index contributed by atoms with van der Waals surface area (Å²) in [6, 6.07) is 18.5. The highest BCUT2D eigenvalue weighted by Gasteiger charge is 2.44. The summed E-state index contributed by atoms with van der Waals surface area (Å²) in [5, 5.41) is 1.22. The fourth-order valence-corrected chi connectivity index (χ4v) is 4.31. The molecule has 3 nitrogen and oxygen atoms in total. The van der Waals surface area contributed by atoms with Gasteiger partial charge in [-0.25, -0.2) is 0 Å². The van der Waals surface area contributed by atoms with Crippen LogP contribution in [-0.2, 0) is 16.6 Å². The van der Waals surface area contributed by atoms with E-state index in [1.807, 2.05) is 35.2 Å². The minimum Gasteiger partial charge on any atom is -0.357 e. The van der Waals surface area contributed by atoms with E-state index in [1.165, 1.54) is 10.9 Å². The van der Waals surface area contributed by atoms with Gasteiger partial charge < -0.3 is 9.88 Å². The lowest BCUT2D eigenvalue weighted by molar-refractivity contribution is -0.135. The zero-order valence-corrected chi connectivity index (χ0v) is 16.3. The third-order valence-corrected chi connectivity index (χ3v) is 5.83. The van der Waals surface area contributed by atoms with Gasteiger partial charge in [-0.3, -0.25) is 4.79 Å². The van der Waals surface area contributed by atoms with Crippen LogP contribution in [-0.4, -0.2) is 28.9 Å². The summed E-state index contributed by atoms with van der Waals surface area (Å²) >= 11 is 0. The third-order valence-electron chi connectivity index (χ3n) is 5.83. The second-order valence-electron chi connectivity index (χ2n) is 7.38. The van der Waals surface area contributed by atoms with Crippen molar-refractivity contribution in [3.05, 3.63) is 90.1 Å². The Morgan fingerprint density at radius 3 is 2.64 bits per heavy atom. The Hall–Kier alpha value is -3.07. The number of hydrogen-bond donors (Lipinski definition) is 1. The number of carbonyl (C=O) groups excluding carboxylic acids is 1. The fourth-order valence-electron chi connectivity index (χ4n) is 4.31. The first-order valence-electron chi connectivity index (χ1n) is 9.94. The van der Waals surface area contributed by atoms with Gasteiger partial charge in [-0.2, -0.15) is 0 Å². The Bertz CT molecular complexity index is 1030. The molecule has 1 amide bonds. The Balaban J connectivity index is 1.92. The maximum atomic E-state index is 13.8. The largest absolute Gasteiger partial charge is 0.357 e. The molecule has 2 aromatic carbocycles. The summed E-state index contributed by atoms with van der Waals surface area (Å²) in [6.45, 7) is 7.23. The normalized spacial score (nSPS) is 19.8. The fraction of sp³-hybridized carbons (Fsp3) is 0.240.